The Bertz CT molecular complexity index is 1070. The SMILES string of the molecule is CCc1c(C)sc2nc(SCc3cccc(OC)c3)n(CC3CCCO3)c(=O)c12. The van der Waals surface area contributed by atoms with E-state index < -0.39 is 0 Å². The van der Waals surface area contributed by atoms with Crippen molar-refractivity contribution in [3.05, 3.63) is 50.6 Å². The third-order valence-electron chi connectivity index (χ3n) is 5.34. The van der Waals surface area contributed by atoms with Crippen LogP contribution in [0.25, 0.3) is 10.2 Å². The summed E-state index contributed by atoms with van der Waals surface area (Å²) in [5.41, 5.74) is 2.34. The van der Waals surface area contributed by atoms with Gasteiger partial charge in [0.2, 0.25) is 0 Å². The summed E-state index contributed by atoms with van der Waals surface area (Å²) in [7, 11) is 1.67. The van der Waals surface area contributed by atoms with Crippen LogP contribution in [-0.4, -0.2) is 29.4 Å². The van der Waals surface area contributed by atoms with E-state index in [1.165, 1.54) is 4.88 Å². The summed E-state index contributed by atoms with van der Waals surface area (Å²) in [5.74, 6) is 1.57. The number of fused-ring (bicyclic) bond motifs is 1. The molecule has 1 aliphatic heterocycles. The molecule has 1 fully saturated rings. The maximum Gasteiger partial charge on any atom is 0.263 e. The molecule has 4 rings (SSSR count). The molecule has 0 N–H and O–H groups in total. The second-order valence-corrected chi connectivity index (χ2v) is 9.40. The van der Waals surface area contributed by atoms with Gasteiger partial charge in [0.25, 0.3) is 5.56 Å². The van der Waals surface area contributed by atoms with Gasteiger partial charge in [0.1, 0.15) is 10.6 Å². The number of hydrogen-bond donors (Lipinski definition) is 0. The van der Waals surface area contributed by atoms with Gasteiger partial charge >= 0.3 is 0 Å². The zero-order valence-electron chi connectivity index (χ0n) is 17.1. The van der Waals surface area contributed by atoms with Gasteiger partial charge in [-0.15, -0.1) is 11.3 Å². The van der Waals surface area contributed by atoms with E-state index in [0.29, 0.717) is 6.54 Å². The molecule has 0 saturated carbocycles. The van der Waals surface area contributed by atoms with E-state index in [0.717, 1.165) is 63.9 Å². The van der Waals surface area contributed by atoms with E-state index in [2.05, 4.69) is 19.9 Å². The first kappa shape index (κ1) is 20.4. The van der Waals surface area contributed by atoms with Crippen molar-refractivity contribution in [2.45, 2.75) is 56.7 Å². The number of ether oxygens (including phenoxy) is 2. The van der Waals surface area contributed by atoms with Crippen molar-refractivity contribution in [3.63, 3.8) is 0 Å². The molecule has 0 aliphatic carbocycles. The van der Waals surface area contributed by atoms with Crippen LogP contribution in [-0.2, 0) is 23.5 Å². The lowest BCUT2D eigenvalue weighted by atomic mass is 10.1. The van der Waals surface area contributed by atoms with Crippen molar-refractivity contribution in [2.24, 2.45) is 0 Å². The fourth-order valence-electron chi connectivity index (χ4n) is 3.83. The highest BCUT2D eigenvalue weighted by Crippen LogP contribution is 2.31. The third-order valence-corrected chi connectivity index (χ3v) is 7.43. The summed E-state index contributed by atoms with van der Waals surface area (Å²) in [6.07, 6.45) is 2.99. The molecule has 7 heteroatoms. The summed E-state index contributed by atoms with van der Waals surface area (Å²) in [6.45, 7) is 5.53. The number of rotatable bonds is 7. The van der Waals surface area contributed by atoms with Gasteiger partial charge in [-0.3, -0.25) is 9.36 Å². The summed E-state index contributed by atoms with van der Waals surface area (Å²) in [6, 6.07) is 8.02. The van der Waals surface area contributed by atoms with Gasteiger partial charge < -0.3 is 9.47 Å². The van der Waals surface area contributed by atoms with Crippen LogP contribution >= 0.6 is 23.1 Å². The lowest BCUT2D eigenvalue weighted by Gasteiger charge is -2.16. The molecule has 1 atom stereocenters. The van der Waals surface area contributed by atoms with E-state index >= 15 is 0 Å². The minimum absolute atomic E-state index is 0.0693. The van der Waals surface area contributed by atoms with Gasteiger partial charge in [0.15, 0.2) is 5.16 Å². The Kier molecular flexibility index (Phi) is 6.27. The van der Waals surface area contributed by atoms with Crippen LogP contribution in [0.5, 0.6) is 5.75 Å². The molecule has 1 unspecified atom stereocenters. The average Bonchev–Trinajstić information content (AvgIpc) is 3.35. The van der Waals surface area contributed by atoms with Crippen molar-refractivity contribution >= 4 is 33.3 Å². The number of aromatic nitrogens is 2. The van der Waals surface area contributed by atoms with Gasteiger partial charge in [0.05, 0.1) is 25.1 Å². The average molecular weight is 431 g/mol. The van der Waals surface area contributed by atoms with E-state index in [-0.39, 0.29) is 11.7 Å². The number of thioether (sulfide) groups is 1. The summed E-state index contributed by atoms with van der Waals surface area (Å²) >= 11 is 3.22. The largest absolute Gasteiger partial charge is 0.497 e. The Morgan fingerprint density at radius 2 is 2.28 bits per heavy atom. The molecule has 2 aromatic heterocycles. The first-order chi connectivity index (χ1) is 14.1. The minimum Gasteiger partial charge on any atom is -0.497 e. The zero-order chi connectivity index (χ0) is 20.4. The van der Waals surface area contributed by atoms with Crippen molar-refractivity contribution in [1.82, 2.24) is 9.55 Å². The lowest BCUT2D eigenvalue weighted by Crippen LogP contribution is -2.28. The van der Waals surface area contributed by atoms with Crippen molar-refractivity contribution in [3.8, 4) is 5.75 Å². The molecular formula is C22H26N2O3S2. The van der Waals surface area contributed by atoms with Gasteiger partial charge in [0, 0.05) is 17.2 Å². The number of thiophene rings is 1. The Hall–Kier alpha value is -1.83. The van der Waals surface area contributed by atoms with Crippen LogP contribution in [0.3, 0.4) is 0 Å². The van der Waals surface area contributed by atoms with E-state index in [1.807, 2.05) is 22.8 Å². The van der Waals surface area contributed by atoms with Crippen LogP contribution < -0.4 is 10.3 Å². The molecule has 1 saturated heterocycles. The Morgan fingerprint density at radius 3 is 3.00 bits per heavy atom. The third kappa shape index (κ3) is 4.22. The fraction of sp³-hybridized carbons (Fsp3) is 0.455. The quantitative estimate of drug-likeness (QED) is 0.398. The molecule has 0 bridgehead atoms. The number of benzene rings is 1. The highest BCUT2D eigenvalue weighted by atomic mass is 32.2. The molecule has 1 aromatic carbocycles. The normalized spacial score (nSPS) is 16.6. The molecule has 29 heavy (non-hydrogen) atoms. The maximum absolute atomic E-state index is 13.5. The second-order valence-electron chi connectivity index (χ2n) is 7.26. The number of methoxy groups -OCH3 is 1. The van der Waals surface area contributed by atoms with Crippen LogP contribution in [0.4, 0.5) is 0 Å². The lowest BCUT2D eigenvalue weighted by molar-refractivity contribution is 0.0937. The molecule has 154 valence electrons. The molecule has 1 aliphatic rings. The summed E-state index contributed by atoms with van der Waals surface area (Å²) in [5, 5.41) is 1.56. The monoisotopic (exact) mass is 430 g/mol. The van der Waals surface area contributed by atoms with Crippen LogP contribution in [0.2, 0.25) is 0 Å². The standard InChI is InChI=1S/C22H26N2O3S2/c1-4-18-14(2)29-20-19(18)21(25)24(12-17-9-6-10-27-17)22(23-20)28-13-15-7-5-8-16(11-15)26-3/h5,7-8,11,17H,4,6,9-10,12-13H2,1-3H3. The van der Waals surface area contributed by atoms with Gasteiger partial charge in [-0.2, -0.15) is 0 Å². The van der Waals surface area contributed by atoms with Crippen molar-refractivity contribution in [1.29, 1.82) is 0 Å². The van der Waals surface area contributed by atoms with Crippen molar-refractivity contribution in [2.75, 3.05) is 13.7 Å². The topological polar surface area (TPSA) is 53.4 Å². The number of nitrogens with zero attached hydrogens (tertiary/aromatic N) is 2. The van der Waals surface area contributed by atoms with Gasteiger partial charge in [-0.1, -0.05) is 30.8 Å². The second kappa shape index (κ2) is 8.90. The molecule has 5 nitrogen and oxygen atoms in total. The van der Waals surface area contributed by atoms with Gasteiger partial charge in [-0.25, -0.2) is 4.98 Å². The smallest absolute Gasteiger partial charge is 0.263 e. The van der Waals surface area contributed by atoms with Gasteiger partial charge in [-0.05, 0) is 49.4 Å². The molecule has 3 aromatic rings. The number of hydrogen-bond acceptors (Lipinski definition) is 6. The maximum atomic E-state index is 13.5. The van der Waals surface area contributed by atoms with E-state index in [1.54, 1.807) is 30.2 Å². The predicted octanol–water partition coefficient (Wildman–Crippen LogP) is 4.81. The Morgan fingerprint density at radius 1 is 1.41 bits per heavy atom. The van der Waals surface area contributed by atoms with Crippen LogP contribution in [0.15, 0.2) is 34.2 Å². The Balaban J connectivity index is 1.72. The van der Waals surface area contributed by atoms with Crippen molar-refractivity contribution < 1.29 is 9.47 Å². The first-order valence-electron chi connectivity index (χ1n) is 10.0. The minimum atomic E-state index is 0.0693. The highest BCUT2D eigenvalue weighted by Gasteiger charge is 2.22. The predicted molar refractivity (Wildman–Crippen MR) is 120 cm³/mol. The van der Waals surface area contributed by atoms with E-state index in [4.69, 9.17) is 14.5 Å². The molecule has 0 spiro atoms. The highest BCUT2D eigenvalue weighted by molar-refractivity contribution is 7.98. The summed E-state index contributed by atoms with van der Waals surface area (Å²) in [4.78, 5) is 20.4. The van der Waals surface area contributed by atoms with Crippen LogP contribution in [0.1, 0.15) is 35.8 Å². The van der Waals surface area contributed by atoms with Crippen LogP contribution in [0, 0.1) is 6.92 Å². The molecule has 0 amide bonds. The fourth-order valence-corrected chi connectivity index (χ4v) is 5.94. The first-order valence-corrected chi connectivity index (χ1v) is 11.8. The molecular weight excluding hydrogens is 404 g/mol. The molecule has 0 radical (unpaired) electrons. The Labute approximate surface area is 179 Å². The number of aryl methyl sites for hydroxylation is 2. The zero-order valence-corrected chi connectivity index (χ0v) is 18.7. The summed E-state index contributed by atoms with van der Waals surface area (Å²) < 4.78 is 13.0. The van der Waals surface area contributed by atoms with E-state index in [9.17, 15) is 4.79 Å². The molecule has 3 heterocycles.